The number of benzene rings is 2. The van der Waals surface area contributed by atoms with E-state index in [2.05, 4.69) is 6.92 Å². The Labute approximate surface area is 119 Å². The summed E-state index contributed by atoms with van der Waals surface area (Å²) in [6.07, 6.45) is 1.40. The van der Waals surface area contributed by atoms with E-state index in [1.807, 2.05) is 30.3 Å². The fourth-order valence-corrected chi connectivity index (χ4v) is 2.14. The lowest BCUT2D eigenvalue weighted by Gasteiger charge is -2.17. The van der Waals surface area contributed by atoms with Crippen molar-refractivity contribution in [1.82, 2.24) is 0 Å². The molecule has 0 aliphatic heterocycles. The molecule has 2 N–H and O–H groups in total. The third-order valence-electron chi connectivity index (χ3n) is 3.18. The van der Waals surface area contributed by atoms with Gasteiger partial charge in [0.2, 0.25) is 0 Å². The second kappa shape index (κ2) is 7.06. The summed E-state index contributed by atoms with van der Waals surface area (Å²) < 4.78 is 19.4. The molecule has 0 saturated heterocycles. The van der Waals surface area contributed by atoms with E-state index < -0.39 is 0 Å². The number of nitrogens with two attached hydrogens (primary N) is 1. The molecule has 106 valence electrons. The summed E-state index contributed by atoms with van der Waals surface area (Å²) >= 11 is 0. The van der Waals surface area contributed by atoms with E-state index in [1.165, 1.54) is 6.07 Å². The van der Waals surface area contributed by atoms with Crippen molar-refractivity contribution >= 4 is 0 Å². The van der Waals surface area contributed by atoms with E-state index in [9.17, 15) is 4.39 Å². The molecule has 1 unspecified atom stereocenters. The fraction of sp³-hybridized carbons (Fsp3) is 0.294. The van der Waals surface area contributed by atoms with Crippen molar-refractivity contribution in [3.05, 3.63) is 65.5 Å². The minimum absolute atomic E-state index is 0.213. The predicted molar refractivity (Wildman–Crippen MR) is 79.3 cm³/mol. The molecule has 1 atom stereocenters. The lowest BCUT2D eigenvalue weighted by molar-refractivity contribution is 0.312. The highest BCUT2D eigenvalue weighted by atomic mass is 19.1. The summed E-state index contributed by atoms with van der Waals surface area (Å²) in [5.41, 5.74) is 7.77. The van der Waals surface area contributed by atoms with Gasteiger partial charge in [0.25, 0.3) is 0 Å². The van der Waals surface area contributed by atoms with Crippen LogP contribution in [-0.4, -0.2) is 6.61 Å². The first kappa shape index (κ1) is 14.5. The highest BCUT2D eigenvalue weighted by molar-refractivity contribution is 5.37. The molecule has 2 rings (SSSR count). The Morgan fingerprint density at radius 1 is 1.10 bits per heavy atom. The second-order valence-electron chi connectivity index (χ2n) is 4.79. The maximum absolute atomic E-state index is 13.7. The van der Waals surface area contributed by atoms with Gasteiger partial charge in [-0.25, -0.2) is 4.39 Å². The van der Waals surface area contributed by atoms with Gasteiger partial charge in [-0.3, -0.25) is 0 Å². The number of halogens is 1. The Morgan fingerprint density at radius 3 is 2.55 bits per heavy atom. The van der Waals surface area contributed by atoms with Crippen LogP contribution < -0.4 is 10.5 Å². The Bertz CT molecular complexity index is 556. The highest BCUT2D eigenvalue weighted by Gasteiger charge is 2.14. The van der Waals surface area contributed by atoms with Gasteiger partial charge in [-0.1, -0.05) is 43.3 Å². The summed E-state index contributed by atoms with van der Waals surface area (Å²) in [5.74, 6) is 0.577. The van der Waals surface area contributed by atoms with Gasteiger partial charge in [-0.2, -0.15) is 0 Å². The number of rotatable bonds is 6. The molecular formula is C17H20FNO. The molecular weight excluding hydrogens is 253 g/mol. The van der Waals surface area contributed by atoms with Crippen molar-refractivity contribution < 1.29 is 9.13 Å². The van der Waals surface area contributed by atoms with Crippen molar-refractivity contribution in [2.24, 2.45) is 5.73 Å². The molecule has 2 aromatic rings. The van der Waals surface area contributed by atoms with Gasteiger partial charge in [-0.15, -0.1) is 0 Å². The second-order valence-corrected chi connectivity index (χ2v) is 4.79. The summed E-state index contributed by atoms with van der Waals surface area (Å²) in [5, 5.41) is 0. The van der Waals surface area contributed by atoms with Gasteiger partial charge < -0.3 is 10.5 Å². The first-order valence-corrected chi connectivity index (χ1v) is 6.93. The van der Waals surface area contributed by atoms with Crippen molar-refractivity contribution in [3.63, 3.8) is 0 Å². The molecule has 0 aliphatic rings. The summed E-state index contributed by atoms with van der Waals surface area (Å²) in [7, 11) is 0. The molecule has 20 heavy (non-hydrogen) atoms. The van der Waals surface area contributed by atoms with Gasteiger partial charge in [0.15, 0.2) is 0 Å². The van der Waals surface area contributed by atoms with E-state index in [-0.39, 0.29) is 11.9 Å². The summed E-state index contributed by atoms with van der Waals surface area (Å²) in [6, 6.07) is 14.2. The Morgan fingerprint density at radius 2 is 1.80 bits per heavy atom. The maximum Gasteiger partial charge on any atom is 0.126 e. The zero-order valence-corrected chi connectivity index (χ0v) is 11.7. The van der Waals surface area contributed by atoms with Crippen LogP contribution in [-0.2, 0) is 6.42 Å². The van der Waals surface area contributed by atoms with E-state index in [4.69, 9.17) is 10.5 Å². The first-order chi connectivity index (χ1) is 9.72. The average Bonchev–Trinajstić information content (AvgIpc) is 2.47. The molecule has 0 bridgehead atoms. The fourth-order valence-electron chi connectivity index (χ4n) is 2.14. The number of ether oxygens (including phenoxy) is 1. The zero-order chi connectivity index (χ0) is 14.4. The zero-order valence-electron chi connectivity index (χ0n) is 11.7. The topological polar surface area (TPSA) is 35.2 Å². The standard InChI is InChI=1S/C17H20FNO/c1-2-11-20-17-10-6-4-8-14(17)16(19)12-13-7-3-5-9-15(13)18/h3-10,16H,2,11-12,19H2,1H3. The van der Waals surface area contributed by atoms with Crippen LogP contribution in [0.2, 0.25) is 0 Å². The third-order valence-corrected chi connectivity index (χ3v) is 3.18. The van der Waals surface area contributed by atoms with Crippen LogP contribution >= 0.6 is 0 Å². The lowest BCUT2D eigenvalue weighted by atomic mass is 9.98. The van der Waals surface area contributed by atoms with Gasteiger partial charge in [0.1, 0.15) is 11.6 Å². The van der Waals surface area contributed by atoms with E-state index in [0.717, 1.165) is 17.7 Å². The lowest BCUT2D eigenvalue weighted by Crippen LogP contribution is -2.15. The Hall–Kier alpha value is -1.87. The third kappa shape index (κ3) is 3.58. The summed E-state index contributed by atoms with van der Waals surface area (Å²) in [6.45, 7) is 2.71. The van der Waals surface area contributed by atoms with Crippen molar-refractivity contribution in [1.29, 1.82) is 0 Å². The molecule has 0 spiro atoms. The van der Waals surface area contributed by atoms with Crippen molar-refractivity contribution in [3.8, 4) is 5.75 Å². The van der Waals surface area contributed by atoms with Crippen molar-refractivity contribution in [2.45, 2.75) is 25.8 Å². The minimum Gasteiger partial charge on any atom is -0.493 e. The van der Waals surface area contributed by atoms with Gasteiger partial charge in [-0.05, 0) is 30.5 Å². The highest BCUT2D eigenvalue weighted by Crippen LogP contribution is 2.26. The Kier molecular flexibility index (Phi) is 5.13. The van der Waals surface area contributed by atoms with Crippen LogP contribution in [0.25, 0.3) is 0 Å². The molecule has 3 heteroatoms. The SMILES string of the molecule is CCCOc1ccccc1C(N)Cc1ccccc1F. The molecule has 2 nitrogen and oxygen atoms in total. The smallest absolute Gasteiger partial charge is 0.126 e. The van der Waals surface area contributed by atoms with Crippen LogP contribution in [0.3, 0.4) is 0 Å². The molecule has 0 heterocycles. The van der Waals surface area contributed by atoms with E-state index >= 15 is 0 Å². The molecule has 0 fully saturated rings. The normalized spacial score (nSPS) is 12.2. The van der Waals surface area contributed by atoms with Crippen molar-refractivity contribution in [2.75, 3.05) is 6.61 Å². The molecule has 0 saturated carbocycles. The van der Waals surface area contributed by atoms with Gasteiger partial charge >= 0.3 is 0 Å². The van der Waals surface area contributed by atoms with Gasteiger partial charge in [0.05, 0.1) is 6.61 Å². The van der Waals surface area contributed by atoms with Crippen LogP contribution in [0.1, 0.15) is 30.5 Å². The number of para-hydroxylation sites is 1. The van der Waals surface area contributed by atoms with Crippen LogP contribution in [0.4, 0.5) is 4.39 Å². The van der Waals surface area contributed by atoms with Gasteiger partial charge in [0, 0.05) is 11.6 Å². The van der Waals surface area contributed by atoms with E-state index in [1.54, 1.807) is 12.1 Å². The first-order valence-electron chi connectivity index (χ1n) is 6.93. The average molecular weight is 273 g/mol. The van der Waals surface area contributed by atoms with E-state index in [0.29, 0.717) is 18.6 Å². The molecule has 2 aromatic carbocycles. The minimum atomic E-state index is -0.278. The van der Waals surface area contributed by atoms with Crippen LogP contribution in [0.5, 0.6) is 5.75 Å². The summed E-state index contributed by atoms with van der Waals surface area (Å²) in [4.78, 5) is 0. The molecule has 0 amide bonds. The van der Waals surface area contributed by atoms with Crippen LogP contribution in [0.15, 0.2) is 48.5 Å². The monoisotopic (exact) mass is 273 g/mol. The molecule has 0 aliphatic carbocycles. The molecule has 0 aromatic heterocycles. The predicted octanol–water partition coefficient (Wildman–Crippen LogP) is 3.86. The maximum atomic E-state index is 13.7. The van der Waals surface area contributed by atoms with Crippen LogP contribution in [0, 0.1) is 5.82 Å². The Balaban J connectivity index is 2.16. The number of hydrogen-bond acceptors (Lipinski definition) is 2. The number of hydrogen-bond donors (Lipinski definition) is 1. The quantitative estimate of drug-likeness (QED) is 0.867. The molecule has 0 radical (unpaired) electrons. The largest absolute Gasteiger partial charge is 0.493 e.